The van der Waals surface area contributed by atoms with Crippen molar-refractivity contribution in [3.05, 3.63) is 46.4 Å². The molecule has 1 N–H and O–H groups in total. The molecule has 1 amide bonds. The summed E-state index contributed by atoms with van der Waals surface area (Å²) >= 11 is 1.63. The van der Waals surface area contributed by atoms with E-state index in [-0.39, 0.29) is 11.9 Å². The van der Waals surface area contributed by atoms with Gasteiger partial charge in [0.05, 0.1) is 18.3 Å². The fraction of sp³-hybridized carbons (Fsp3) is 0.353. The zero-order valence-corrected chi connectivity index (χ0v) is 14.3. The first-order valence-electron chi connectivity index (χ1n) is 8.07. The SMILES string of the molecule is Cc1cn2nc(NC3CCN(C(=O)Cc4cccs4)C3)ccc2n1. The first-order valence-corrected chi connectivity index (χ1v) is 8.95. The molecule has 0 bridgehead atoms. The molecule has 3 aromatic rings. The van der Waals surface area contributed by atoms with E-state index in [1.807, 2.05) is 47.7 Å². The zero-order chi connectivity index (χ0) is 16.5. The van der Waals surface area contributed by atoms with Crippen molar-refractivity contribution in [2.75, 3.05) is 18.4 Å². The van der Waals surface area contributed by atoms with Gasteiger partial charge in [0.1, 0.15) is 5.82 Å². The Balaban J connectivity index is 1.38. The standard InChI is InChI=1S/C17H19N5OS/c1-12-10-22-16(18-12)5-4-15(20-22)19-13-6-7-21(11-13)17(23)9-14-3-2-8-24-14/h2-5,8,10,13H,6-7,9,11H2,1H3,(H,19,20). The van der Waals surface area contributed by atoms with E-state index in [2.05, 4.69) is 15.4 Å². The minimum atomic E-state index is 0.204. The molecule has 0 spiro atoms. The van der Waals surface area contributed by atoms with Crippen LogP contribution in [0.5, 0.6) is 0 Å². The highest BCUT2D eigenvalue weighted by molar-refractivity contribution is 7.10. The van der Waals surface area contributed by atoms with Gasteiger partial charge in [-0.15, -0.1) is 16.4 Å². The second-order valence-electron chi connectivity index (χ2n) is 6.13. The van der Waals surface area contributed by atoms with Crippen LogP contribution < -0.4 is 5.32 Å². The van der Waals surface area contributed by atoms with Crippen molar-refractivity contribution in [2.45, 2.75) is 25.8 Å². The molecule has 1 aliphatic rings. The molecule has 24 heavy (non-hydrogen) atoms. The lowest BCUT2D eigenvalue weighted by molar-refractivity contribution is -0.129. The molecular formula is C17H19N5OS. The number of amides is 1. The van der Waals surface area contributed by atoms with Gasteiger partial charge in [-0.3, -0.25) is 4.79 Å². The normalized spacial score (nSPS) is 17.5. The summed E-state index contributed by atoms with van der Waals surface area (Å²) in [5.74, 6) is 1.02. The number of imidazole rings is 1. The monoisotopic (exact) mass is 341 g/mol. The van der Waals surface area contributed by atoms with Crippen molar-refractivity contribution in [1.82, 2.24) is 19.5 Å². The summed E-state index contributed by atoms with van der Waals surface area (Å²) in [6, 6.07) is 8.14. The van der Waals surface area contributed by atoms with Crippen molar-refractivity contribution in [3.8, 4) is 0 Å². The molecule has 1 aliphatic heterocycles. The van der Waals surface area contributed by atoms with Gasteiger partial charge in [0, 0.05) is 24.0 Å². The summed E-state index contributed by atoms with van der Waals surface area (Å²) in [6.45, 7) is 3.48. The van der Waals surface area contributed by atoms with E-state index in [1.54, 1.807) is 15.9 Å². The molecule has 1 fully saturated rings. The fourth-order valence-corrected chi connectivity index (χ4v) is 3.76. The van der Waals surface area contributed by atoms with Gasteiger partial charge in [-0.05, 0) is 36.9 Å². The van der Waals surface area contributed by atoms with Crippen LogP contribution in [0.2, 0.25) is 0 Å². The van der Waals surface area contributed by atoms with Gasteiger partial charge in [-0.2, -0.15) is 0 Å². The molecule has 4 heterocycles. The van der Waals surface area contributed by atoms with Gasteiger partial charge in [0.15, 0.2) is 5.65 Å². The number of aromatic nitrogens is 3. The van der Waals surface area contributed by atoms with Crippen LogP contribution in [0.3, 0.4) is 0 Å². The maximum absolute atomic E-state index is 12.4. The Labute approximate surface area is 144 Å². The number of anilines is 1. The Bertz CT molecular complexity index is 857. The third-order valence-corrected chi connectivity index (χ3v) is 5.12. The van der Waals surface area contributed by atoms with E-state index in [1.165, 1.54) is 0 Å². The van der Waals surface area contributed by atoms with E-state index in [0.717, 1.165) is 41.5 Å². The van der Waals surface area contributed by atoms with Crippen LogP contribution in [-0.2, 0) is 11.2 Å². The maximum Gasteiger partial charge on any atom is 0.227 e. The molecular weight excluding hydrogens is 322 g/mol. The Morgan fingerprint density at radius 2 is 2.33 bits per heavy atom. The highest BCUT2D eigenvalue weighted by Crippen LogP contribution is 2.17. The lowest BCUT2D eigenvalue weighted by Gasteiger charge is -2.17. The molecule has 0 aromatic carbocycles. The molecule has 3 aromatic heterocycles. The average Bonchev–Trinajstić information content (AvgIpc) is 3.27. The number of likely N-dealkylation sites (tertiary alicyclic amines) is 1. The zero-order valence-electron chi connectivity index (χ0n) is 13.5. The van der Waals surface area contributed by atoms with E-state index < -0.39 is 0 Å². The van der Waals surface area contributed by atoms with E-state index in [0.29, 0.717) is 6.42 Å². The van der Waals surface area contributed by atoms with E-state index in [9.17, 15) is 4.79 Å². The van der Waals surface area contributed by atoms with Crippen molar-refractivity contribution in [3.63, 3.8) is 0 Å². The number of nitrogens with one attached hydrogen (secondary N) is 1. The summed E-state index contributed by atoms with van der Waals surface area (Å²) in [4.78, 5) is 19.8. The van der Waals surface area contributed by atoms with Crippen molar-refractivity contribution >= 4 is 28.7 Å². The van der Waals surface area contributed by atoms with Gasteiger partial charge >= 0.3 is 0 Å². The third-order valence-electron chi connectivity index (χ3n) is 4.24. The second-order valence-corrected chi connectivity index (χ2v) is 7.16. The number of hydrogen-bond acceptors (Lipinski definition) is 5. The quantitative estimate of drug-likeness (QED) is 0.791. The Morgan fingerprint density at radius 1 is 1.42 bits per heavy atom. The van der Waals surface area contributed by atoms with Crippen LogP contribution in [0.15, 0.2) is 35.8 Å². The lowest BCUT2D eigenvalue weighted by atomic mass is 10.2. The number of carbonyl (C=O) groups is 1. The molecule has 1 atom stereocenters. The van der Waals surface area contributed by atoms with Crippen LogP contribution in [0, 0.1) is 6.92 Å². The third kappa shape index (κ3) is 3.12. The Hall–Kier alpha value is -2.41. The number of rotatable bonds is 4. The minimum absolute atomic E-state index is 0.204. The summed E-state index contributed by atoms with van der Waals surface area (Å²) < 4.78 is 1.78. The Morgan fingerprint density at radius 3 is 3.17 bits per heavy atom. The fourth-order valence-electron chi connectivity index (χ4n) is 3.07. The van der Waals surface area contributed by atoms with Gasteiger partial charge in [-0.1, -0.05) is 6.07 Å². The predicted octanol–water partition coefficient (Wildman–Crippen LogP) is 2.35. The number of aryl methyl sites for hydroxylation is 1. The lowest BCUT2D eigenvalue weighted by Crippen LogP contribution is -2.32. The van der Waals surface area contributed by atoms with Crippen molar-refractivity contribution in [2.24, 2.45) is 0 Å². The van der Waals surface area contributed by atoms with Crippen LogP contribution >= 0.6 is 11.3 Å². The molecule has 0 aliphatic carbocycles. The van der Waals surface area contributed by atoms with E-state index in [4.69, 9.17) is 0 Å². The average molecular weight is 341 g/mol. The highest BCUT2D eigenvalue weighted by atomic mass is 32.1. The van der Waals surface area contributed by atoms with Crippen LogP contribution in [0.1, 0.15) is 17.0 Å². The van der Waals surface area contributed by atoms with Crippen LogP contribution in [0.4, 0.5) is 5.82 Å². The summed E-state index contributed by atoms with van der Waals surface area (Å²) in [5, 5.41) is 9.98. The maximum atomic E-state index is 12.4. The van der Waals surface area contributed by atoms with Gasteiger partial charge in [0.2, 0.25) is 5.91 Å². The molecule has 1 saturated heterocycles. The van der Waals surface area contributed by atoms with Crippen LogP contribution in [-0.4, -0.2) is 44.5 Å². The number of carbonyl (C=O) groups excluding carboxylic acids is 1. The molecule has 7 heteroatoms. The summed E-state index contributed by atoms with van der Waals surface area (Å²) in [6.07, 6.45) is 3.35. The molecule has 4 rings (SSSR count). The first-order chi connectivity index (χ1) is 11.7. The molecule has 0 saturated carbocycles. The molecule has 6 nitrogen and oxygen atoms in total. The highest BCUT2D eigenvalue weighted by Gasteiger charge is 2.26. The number of hydrogen-bond donors (Lipinski definition) is 1. The number of fused-ring (bicyclic) bond motifs is 1. The number of thiophene rings is 1. The summed E-state index contributed by atoms with van der Waals surface area (Å²) in [7, 11) is 0. The van der Waals surface area contributed by atoms with Crippen molar-refractivity contribution in [1.29, 1.82) is 0 Å². The Kier molecular flexibility index (Phi) is 3.93. The largest absolute Gasteiger partial charge is 0.364 e. The van der Waals surface area contributed by atoms with Crippen molar-refractivity contribution < 1.29 is 4.79 Å². The van der Waals surface area contributed by atoms with Gasteiger partial charge in [-0.25, -0.2) is 9.50 Å². The molecule has 0 radical (unpaired) electrons. The van der Waals surface area contributed by atoms with Crippen LogP contribution in [0.25, 0.3) is 5.65 Å². The predicted molar refractivity (Wildman–Crippen MR) is 94.4 cm³/mol. The first kappa shape index (κ1) is 15.1. The van der Waals surface area contributed by atoms with Gasteiger partial charge in [0.25, 0.3) is 0 Å². The summed E-state index contributed by atoms with van der Waals surface area (Å²) in [5.41, 5.74) is 1.79. The minimum Gasteiger partial charge on any atom is -0.364 e. The topological polar surface area (TPSA) is 62.5 Å². The van der Waals surface area contributed by atoms with Gasteiger partial charge < -0.3 is 10.2 Å². The molecule has 124 valence electrons. The number of nitrogens with zero attached hydrogens (tertiary/aromatic N) is 4. The smallest absolute Gasteiger partial charge is 0.227 e. The van der Waals surface area contributed by atoms with E-state index >= 15 is 0 Å². The second kappa shape index (κ2) is 6.24. The molecule has 1 unspecified atom stereocenters.